The Morgan fingerprint density at radius 3 is 2.53 bits per heavy atom. The molecule has 12 heteroatoms. The number of pyridine rings is 1. The third kappa shape index (κ3) is 5.76. The predicted octanol–water partition coefficient (Wildman–Crippen LogP) is 1.60. The lowest BCUT2D eigenvalue weighted by Gasteiger charge is -2.33. The highest BCUT2D eigenvalue weighted by Crippen LogP contribution is 2.38. The fourth-order valence-corrected chi connectivity index (χ4v) is 5.46. The molecule has 0 aliphatic carbocycles. The van der Waals surface area contributed by atoms with Crippen molar-refractivity contribution >= 4 is 30.1 Å². The van der Waals surface area contributed by atoms with Crippen molar-refractivity contribution in [3.05, 3.63) is 22.6 Å². The van der Waals surface area contributed by atoms with E-state index in [0.717, 1.165) is 32.1 Å². The second-order valence-corrected chi connectivity index (χ2v) is 10.9. The first-order valence-corrected chi connectivity index (χ1v) is 13.6. The molecule has 2 aliphatic rings. The number of rotatable bonds is 7. The average molecular weight is 494 g/mol. The molecular weight excluding hydrogens is 461 g/mol. The molecule has 4 heterocycles. The van der Waals surface area contributed by atoms with Crippen molar-refractivity contribution < 1.29 is 23.9 Å². The van der Waals surface area contributed by atoms with Gasteiger partial charge in [-0.3, -0.25) is 14.2 Å². The number of methoxy groups -OCH3 is 1. The van der Waals surface area contributed by atoms with Crippen molar-refractivity contribution in [2.24, 2.45) is 5.92 Å². The van der Waals surface area contributed by atoms with Gasteiger partial charge in [-0.05, 0) is 44.4 Å². The number of aromatic nitrogens is 3. The molecule has 2 aromatic rings. The van der Waals surface area contributed by atoms with Gasteiger partial charge in [0, 0.05) is 37.6 Å². The van der Waals surface area contributed by atoms with Gasteiger partial charge in [0.1, 0.15) is 12.4 Å². The van der Waals surface area contributed by atoms with Gasteiger partial charge in [-0.1, -0.05) is 0 Å². The molecule has 2 aliphatic heterocycles. The Kier molecular flexibility index (Phi) is 7.54. The Morgan fingerprint density at radius 2 is 1.88 bits per heavy atom. The minimum Gasteiger partial charge on any atom is -0.481 e. The van der Waals surface area contributed by atoms with Crippen LogP contribution < -0.4 is 15.2 Å². The molecule has 186 valence electrons. The minimum atomic E-state index is -4.01. The minimum absolute atomic E-state index is 0.106. The molecule has 0 unspecified atom stereocenters. The molecule has 2 aromatic heterocycles. The van der Waals surface area contributed by atoms with Crippen LogP contribution in [-0.4, -0.2) is 74.8 Å². The van der Waals surface area contributed by atoms with Crippen molar-refractivity contribution in [1.29, 1.82) is 0 Å². The lowest BCUT2D eigenvalue weighted by Crippen LogP contribution is -2.40. The number of fused-ring (bicyclic) bond motifs is 1. The summed E-state index contributed by atoms with van der Waals surface area (Å²) >= 11 is 0. The van der Waals surface area contributed by atoms with Gasteiger partial charge in [-0.15, -0.1) is 0 Å². The fourth-order valence-electron chi connectivity index (χ4n) is 4.76. The van der Waals surface area contributed by atoms with Crippen LogP contribution in [0.3, 0.4) is 0 Å². The molecule has 4 rings (SSSR count). The number of carbonyl (C=O) groups is 1. The van der Waals surface area contributed by atoms with Gasteiger partial charge in [0.05, 0.1) is 24.9 Å². The van der Waals surface area contributed by atoms with Gasteiger partial charge in [0.15, 0.2) is 0 Å². The molecule has 0 spiro atoms. The van der Waals surface area contributed by atoms with Crippen LogP contribution in [0.25, 0.3) is 10.8 Å². The number of nitrogens with zero attached hydrogens (tertiary/aromatic N) is 5. The maximum absolute atomic E-state index is 13.4. The van der Waals surface area contributed by atoms with Crippen LogP contribution in [0, 0.1) is 5.92 Å². The number of ether oxygens (including phenoxy) is 1. The smallest absolute Gasteiger partial charge is 0.325 e. The molecule has 34 heavy (non-hydrogen) atoms. The number of piperidine rings is 2. The van der Waals surface area contributed by atoms with E-state index in [-0.39, 0.29) is 30.1 Å². The Hall–Kier alpha value is -2.49. The van der Waals surface area contributed by atoms with E-state index in [0.29, 0.717) is 55.1 Å². The zero-order valence-corrected chi connectivity index (χ0v) is 20.3. The van der Waals surface area contributed by atoms with Gasteiger partial charge in [0.25, 0.3) is 5.56 Å². The maximum atomic E-state index is 13.4. The number of amides is 1. The Bertz CT molecular complexity index is 1130. The molecule has 0 saturated carbocycles. The third-order valence-corrected chi connectivity index (χ3v) is 7.58. The van der Waals surface area contributed by atoms with Crippen molar-refractivity contribution in [3.8, 4) is 5.88 Å². The Morgan fingerprint density at radius 1 is 1.18 bits per heavy atom. The summed E-state index contributed by atoms with van der Waals surface area (Å²) in [4.78, 5) is 52.9. The number of hydrogen-bond acceptors (Lipinski definition) is 7. The number of likely N-dealkylation sites (tertiary alicyclic amines) is 1. The summed E-state index contributed by atoms with van der Waals surface area (Å²) in [5.41, 5.74) is -0.364. The lowest BCUT2D eigenvalue weighted by molar-refractivity contribution is -0.133. The van der Waals surface area contributed by atoms with Gasteiger partial charge in [-0.2, -0.15) is 10.1 Å². The Labute approximate surface area is 197 Å². The first kappa shape index (κ1) is 24.6. The highest BCUT2D eigenvalue weighted by molar-refractivity contribution is 7.51. The molecular formula is C22H32N5O6P. The van der Waals surface area contributed by atoms with Gasteiger partial charge < -0.3 is 24.3 Å². The van der Waals surface area contributed by atoms with Crippen LogP contribution >= 0.6 is 7.60 Å². The summed E-state index contributed by atoms with van der Waals surface area (Å²) in [5.74, 6) is 0.965. The van der Waals surface area contributed by atoms with E-state index in [1.165, 1.54) is 11.8 Å². The van der Waals surface area contributed by atoms with Crippen LogP contribution in [0.5, 0.6) is 5.88 Å². The molecule has 1 amide bonds. The SMILES string of the molecule is COc1cc2cnn(CC(=O)N3CCCCC3)c(=O)c2c(N2CCC(CCP(=O)(O)O)CC2)n1. The van der Waals surface area contributed by atoms with Gasteiger partial charge >= 0.3 is 7.60 Å². The van der Waals surface area contributed by atoms with Gasteiger partial charge in [0.2, 0.25) is 11.8 Å². The van der Waals surface area contributed by atoms with Crippen molar-refractivity contribution in [1.82, 2.24) is 19.7 Å². The van der Waals surface area contributed by atoms with Crippen molar-refractivity contribution in [2.75, 3.05) is 44.4 Å². The van der Waals surface area contributed by atoms with E-state index in [4.69, 9.17) is 14.5 Å². The molecule has 0 bridgehead atoms. The highest BCUT2D eigenvalue weighted by atomic mass is 31.2. The van der Waals surface area contributed by atoms with Crippen LogP contribution in [-0.2, 0) is 15.9 Å². The highest BCUT2D eigenvalue weighted by Gasteiger charge is 2.26. The fraction of sp³-hybridized carbons (Fsp3) is 0.636. The van der Waals surface area contributed by atoms with Crippen molar-refractivity contribution in [2.45, 2.75) is 45.1 Å². The number of carbonyl (C=O) groups excluding carboxylic acids is 1. The molecule has 0 aromatic carbocycles. The lowest BCUT2D eigenvalue weighted by atomic mass is 9.94. The summed E-state index contributed by atoms with van der Waals surface area (Å²) in [7, 11) is -2.50. The third-order valence-electron chi connectivity index (χ3n) is 6.74. The quantitative estimate of drug-likeness (QED) is 0.551. The molecule has 11 nitrogen and oxygen atoms in total. The van der Waals surface area contributed by atoms with E-state index in [1.807, 2.05) is 4.90 Å². The molecule has 0 radical (unpaired) electrons. The summed E-state index contributed by atoms with van der Waals surface area (Å²) in [6.45, 7) is 2.53. The van der Waals surface area contributed by atoms with E-state index >= 15 is 0 Å². The van der Waals surface area contributed by atoms with Crippen LogP contribution in [0.1, 0.15) is 38.5 Å². The van der Waals surface area contributed by atoms with E-state index in [2.05, 4.69) is 10.1 Å². The zero-order valence-electron chi connectivity index (χ0n) is 19.4. The zero-order chi connectivity index (χ0) is 24.3. The van der Waals surface area contributed by atoms with Crippen molar-refractivity contribution in [3.63, 3.8) is 0 Å². The average Bonchev–Trinajstić information content (AvgIpc) is 2.84. The van der Waals surface area contributed by atoms with Crippen LogP contribution in [0.15, 0.2) is 17.1 Å². The second-order valence-electron chi connectivity index (χ2n) is 9.11. The summed E-state index contributed by atoms with van der Waals surface area (Å²) < 4.78 is 17.8. The van der Waals surface area contributed by atoms with Crippen LogP contribution in [0.4, 0.5) is 5.82 Å². The maximum Gasteiger partial charge on any atom is 0.325 e. The molecule has 0 atom stereocenters. The van der Waals surface area contributed by atoms with Crippen LogP contribution in [0.2, 0.25) is 0 Å². The second kappa shape index (κ2) is 10.4. The summed E-state index contributed by atoms with van der Waals surface area (Å²) in [5, 5.41) is 5.24. The van der Waals surface area contributed by atoms with E-state index in [1.54, 1.807) is 17.2 Å². The molecule has 2 N–H and O–H groups in total. The number of hydrogen-bond donors (Lipinski definition) is 2. The summed E-state index contributed by atoms with van der Waals surface area (Å²) in [6.07, 6.45) is 6.48. The molecule has 2 saturated heterocycles. The Balaban J connectivity index is 1.58. The van der Waals surface area contributed by atoms with E-state index in [9.17, 15) is 14.2 Å². The number of anilines is 1. The van der Waals surface area contributed by atoms with Gasteiger partial charge in [-0.25, -0.2) is 4.68 Å². The largest absolute Gasteiger partial charge is 0.481 e. The topological polar surface area (TPSA) is 138 Å². The van der Waals surface area contributed by atoms with E-state index < -0.39 is 7.60 Å². The monoisotopic (exact) mass is 493 g/mol. The first-order chi connectivity index (χ1) is 16.2. The predicted molar refractivity (Wildman–Crippen MR) is 127 cm³/mol. The normalized spacial score (nSPS) is 17.9. The first-order valence-electron chi connectivity index (χ1n) is 11.8. The summed E-state index contributed by atoms with van der Waals surface area (Å²) in [6, 6.07) is 1.66. The standard InChI is InChI=1S/C22H32N5O6P/c1-33-18-13-17-14-23-27(15-19(28)25-8-3-2-4-9-25)22(29)20(17)21(24-18)26-10-5-16(6-11-26)7-12-34(30,31)32/h13-14,16H,2-12,15H2,1H3,(H2,30,31,32). The molecule has 2 fully saturated rings.